The van der Waals surface area contributed by atoms with Gasteiger partial charge in [-0.2, -0.15) is 0 Å². The van der Waals surface area contributed by atoms with Crippen LogP contribution in [0.15, 0.2) is 48.5 Å². The summed E-state index contributed by atoms with van der Waals surface area (Å²) in [6, 6.07) is 14.9. The van der Waals surface area contributed by atoms with Crippen LogP contribution in [0.1, 0.15) is 18.1 Å². The summed E-state index contributed by atoms with van der Waals surface area (Å²) in [7, 11) is -3.44. The zero-order valence-electron chi connectivity index (χ0n) is 12.7. The van der Waals surface area contributed by atoms with Crippen molar-refractivity contribution in [2.45, 2.75) is 25.7 Å². The summed E-state index contributed by atoms with van der Waals surface area (Å²) in [5.41, 5.74) is 2.53. The predicted octanol–water partition coefficient (Wildman–Crippen LogP) is 3.11. The number of aryl methyl sites for hydroxylation is 1. The molecule has 1 aliphatic heterocycles. The van der Waals surface area contributed by atoms with Crippen molar-refractivity contribution in [1.29, 1.82) is 0 Å². The molecule has 2 aromatic carbocycles. The second-order valence-electron chi connectivity index (χ2n) is 5.67. The fourth-order valence-electron chi connectivity index (χ4n) is 2.58. The maximum Gasteiger partial charge on any atom is 0.239 e. The van der Waals surface area contributed by atoms with Gasteiger partial charge in [-0.15, -0.1) is 0 Å². The van der Waals surface area contributed by atoms with E-state index in [1.165, 1.54) is 4.31 Å². The summed E-state index contributed by atoms with van der Waals surface area (Å²) < 4.78 is 32.8. The molecule has 0 N–H and O–H groups in total. The van der Waals surface area contributed by atoms with Gasteiger partial charge in [0.2, 0.25) is 10.0 Å². The Labute approximate surface area is 131 Å². The van der Waals surface area contributed by atoms with E-state index < -0.39 is 10.0 Å². The number of sulfonamides is 1. The molecule has 4 nitrogen and oxygen atoms in total. The lowest BCUT2D eigenvalue weighted by atomic mass is 10.2. The number of anilines is 1. The standard InChI is InChI=1S/C17H19NO3S/c1-13-7-9-15(10-8-13)12-22(19,20)18-11-14(2)21-17-6-4-3-5-16(17)18/h3-10,14H,11-12H2,1-2H3. The minimum Gasteiger partial charge on any atom is -0.487 e. The summed E-state index contributed by atoms with van der Waals surface area (Å²) in [6.45, 7) is 4.20. The second kappa shape index (κ2) is 5.65. The van der Waals surface area contributed by atoms with E-state index in [1.807, 2.05) is 50.2 Å². The highest BCUT2D eigenvalue weighted by atomic mass is 32.2. The van der Waals surface area contributed by atoms with E-state index in [-0.39, 0.29) is 11.9 Å². The first-order valence-corrected chi connectivity index (χ1v) is 8.88. The zero-order chi connectivity index (χ0) is 15.7. The summed E-state index contributed by atoms with van der Waals surface area (Å²) >= 11 is 0. The van der Waals surface area contributed by atoms with Crippen molar-refractivity contribution in [2.24, 2.45) is 0 Å². The van der Waals surface area contributed by atoms with Crippen LogP contribution in [0.25, 0.3) is 0 Å². The van der Waals surface area contributed by atoms with Crippen molar-refractivity contribution in [3.8, 4) is 5.75 Å². The van der Waals surface area contributed by atoms with Gasteiger partial charge in [0.05, 0.1) is 18.0 Å². The van der Waals surface area contributed by atoms with Crippen LogP contribution in [-0.2, 0) is 15.8 Å². The molecule has 0 aromatic heterocycles. The Hall–Kier alpha value is -2.01. The summed E-state index contributed by atoms with van der Waals surface area (Å²) in [5, 5.41) is 0. The van der Waals surface area contributed by atoms with Crippen LogP contribution in [0.3, 0.4) is 0 Å². The Bertz CT molecular complexity index is 769. The van der Waals surface area contributed by atoms with Crippen LogP contribution in [0.2, 0.25) is 0 Å². The highest BCUT2D eigenvalue weighted by Gasteiger charge is 2.31. The van der Waals surface area contributed by atoms with Gasteiger partial charge in [0.15, 0.2) is 0 Å². The quantitative estimate of drug-likeness (QED) is 0.874. The van der Waals surface area contributed by atoms with E-state index in [0.717, 1.165) is 11.1 Å². The van der Waals surface area contributed by atoms with E-state index in [9.17, 15) is 8.42 Å². The Kier molecular flexibility index (Phi) is 3.83. The SMILES string of the molecule is Cc1ccc(CS(=O)(=O)N2CC(C)Oc3ccccc32)cc1. The van der Waals surface area contributed by atoms with Crippen molar-refractivity contribution in [1.82, 2.24) is 0 Å². The molecule has 0 bridgehead atoms. The Morgan fingerprint density at radius 1 is 1.14 bits per heavy atom. The van der Waals surface area contributed by atoms with Gasteiger partial charge in [0.1, 0.15) is 11.9 Å². The number of rotatable bonds is 3. The first kappa shape index (κ1) is 14.9. The molecule has 5 heteroatoms. The minimum absolute atomic E-state index is 0.00562. The van der Waals surface area contributed by atoms with Gasteiger partial charge >= 0.3 is 0 Å². The second-order valence-corrected chi connectivity index (χ2v) is 7.56. The van der Waals surface area contributed by atoms with Crippen molar-refractivity contribution in [2.75, 3.05) is 10.8 Å². The monoisotopic (exact) mass is 317 g/mol. The number of hydrogen-bond donors (Lipinski definition) is 0. The highest BCUT2D eigenvalue weighted by molar-refractivity contribution is 7.92. The van der Waals surface area contributed by atoms with Gasteiger partial charge in [0, 0.05) is 0 Å². The molecule has 116 valence electrons. The molecule has 3 rings (SSSR count). The van der Waals surface area contributed by atoms with E-state index >= 15 is 0 Å². The molecule has 0 aliphatic carbocycles. The zero-order valence-corrected chi connectivity index (χ0v) is 13.5. The molecule has 0 fully saturated rings. The fraction of sp³-hybridized carbons (Fsp3) is 0.294. The van der Waals surface area contributed by atoms with E-state index in [1.54, 1.807) is 12.1 Å². The Morgan fingerprint density at radius 3 is 2.55 bits per heavy atom. The topological polar surface area (TPSA) is 46.6 Å². The van der Waals surface area contributed by atoms with Crippen molar-refractivity contribution >= 4 is 15.7 Å². The van der Waals surface area contributed by atoms with Crippen molar-refractivity contribution in [3.05, 3.63) is 59.7 Å². The lowest BCUT2D eigenvalue weighted by Gasteiger charge is -2.34. The van der Waals surface area contributed by atoms with Gasteiger partial charge < -0.3 is 4.74 Å². The third-order valence-electron chi connectivity index (χ3n) is 3.69. The van der Waals surface area contributed by atoms with Gasteiger partial charge in [-0.25, -0.2) is 8.42 Å². The van der Waals surface area contributed by atoms with Gasteiger partial charge in [-0.05, 0) is 31.5 Å². The van der Waals surface area contributed by atoms with Crippen molar-refractivity contribution in [3.63, 3.8) is 0 Å². The molecule has 0 spiro atoms. The van der Waals surface area contributed by atoms with E-state index in [4.69, 9.17) is 4.74 Å². The number of benzene rings is 2. The van der Waals surface area contributed by atoms with Gasteiger partial charge in [0.25, 0.3) is 0 Å². The third-order valence-corrected chi connectivity index (χ3v) is 5.41. The summed E-state index contributed by atoms with van der Waals surface area (Å²) in [5.74, 6) is 0.614. The maximum absolute atomic E-state index is 12.8. The van der Waals surface area contributed by atoms with Crippen LogP contribution >= 0.6 is 0 Å². The molecule has 1 heterocycles. The minimum atomic E-state index is -3.44. The van der Waals surface area contributed by atoms with Crippen LogP contribution in [0.5, 0.6) is 5.75 Å². The number of para-hydroxylation sites is 2. The molecule has 1 unspecified atom stereocenters. The molecule has 0 saturated carbocycles. The molecule has 0 amide bonds. The molecular weight excluding hydrogens is 298 g/mol. The fourth-order valence-corrected chi connectivity index (χ4v) is 4.24. The van der Waals surface area contributed by atoms with Crippen LogP contribution in [0.4, 0.5) is 5.69 Å². The number of ether oxygens (including phenoxy) is 1. The number of fused-ring (bicyclic) bond motifs is 1. The average molecular weight is 317 g/mol. The summed E-state index contributed by atoms with van der Waals surface area (Å²) in [6.07, 6.45) is -0.164. The highest BCUT2D eigenvalue weighted by Crippen LogP contribution is 2.35. The number of hydrogen-bond acceptors (Lipinski definition) is 3. The largest absolute Gasteiger partial charge is 0.487 e. The number of nitrogens with zero attached hydrogens (tertiary/aromatic N) is 1. The van der Waals surface area contributed by atoms with Crippen LogP contribution in [-0.4, -0.2) is 21.1 Å². The van der Waals surface area contributed by atoms with Crippen molar-refractivity contribution < 1.29 is 13.2 Å². The molecule has 2 aromatic rings. The van der Waals surface area contributed by atoms with Crippen LogP contribution in [0, 0.1) is 6.92 Å². The molecule has 1 aliphatic rings. The van der Waals surface area contributed by atoms with Gasteiger partial charge in [-0.1, -0.05) is 42.0 Å². The maximum atomic E-state index is 12.8. The van der Waals surface area contributed by atoms with E-state index in [2.05, 4.69) is 0 Å². The third kappa shape index (κ3) is 2.95. The van der Waals surface area contributed by atoms with Crippen LogP contribution < -0.4 is 9.04 Å². The lowest BCUT2D eigenvalue weighted by Crippen LogP contribution is -2.42. The first-order chi connectivity index (χ1) is 10.5. The van der Waals surface area contributed by atoms with E-state index in [0.29, 0.717) is 18.0 Å². The normalized spacial score (nSPS) is 17.7. The first-order valence-electron chi connectivity index (χ1n) is 7.27. The lowest BCUT2D eigenvalue weighted by molar-refractivity contribution is 0.219. The molecule has 22 heavy (non-hydrogen) atoms. The molecular formula is C17H19NO3S. The Balaban J connectivity index is 1.93. The Morgan fingerprint density at radius 2 is 1.82 bits per heavy atom. The predicted molar refractivity (Wildman–Crippen MR) is 87.7 cm³/mol. The molecule has 0 radical (unpaired) electrons. The molecule has 0 saturated heterocycles. The smallest absolute Gasteiger partial charge is 0.239 e. The summed E-state index contributed by atoms with van der Waals surface area (Å²) in [4.78, 5) is 0. The molecule has 1 atom stereocenters. The van der Waals surface area contributed by atoms with Gasteiger partial charge in [-0.3, -0.25) is 4.31 Å². The average Bonchev–Trinajstić information content (AvgIpc) is 2.48.